The Hall–Kier alpha value is -2.94. The van der Waals surface area contributed by atoms with Crippen molar-refractivity contribution in [1.82, 2.24) is 19.6 Å². The van der Waals surface area contributed by atoms with Crippen LogP contribution in [0.4, 0.5) is 10.5 Å². The van der Waals surface area contributed by atoms with Crippen LogP contribution in [-0.2, 0) is 7.05 Å². The Morgan fingerprint density at radius 1 is 1.16 bits per heavy atom. The first-order valence-electron chi connectivity index (χ1n) is 11.4. The number of nitro groups is 1. The molecule has 0 unspecified atom stereocenters. The van der Waals surface area contributed by atoms with Crippen LogP contribution in [0.5, 0.6) is 5.75 Å². The lowest BCUT2D eigenvalue weighted by molar-refractivity contribution is -0.384. The number of ether oxygens (including phenoxy) is 1. The summed E-state index contributed by atoms with van der Waals surface area (Å²) >= 11 is 0. The van der Waals surface area contributed by atoms with Crippen molar-refractivity contribution in [3.05, 3.63) is 52.3 Å². The lowest BCUT2D eigenvalue weighted by Gasteiger charge is -2.51. The second-order valence-electron chi connectivity index (χ2n) is 9.54. The first-order chi connectivity index (χ1) is 15.4. The lowest BCUT2D eigenvalue weighted by atomic mass is 9.64. The minimum absolute atomic E-state index is 0.0187. The van der Waals surface area contributed by atoms with E-state index in [1.54, 1.807) is 4.90 Å². The van der Waals surface area contributed by atoms with E-state index in [2.05, 4.69) is 16.1 Å². The van der Waals surface area contributed by atoms with E-state index in [1.165, 1.54) is 42.8 Å². The van der Waals surface area contributed by atoms with E-state index < -0.39 is 4.92 Å². The molecule has 2 saturated heterocycles. The van der Waals surface area contributed by atoms with Crippen LogP contribution in [0.3, 0.4) is 0 Å². The van der Waals surface area contributed by atoms with E-state index in [0.717, 1.165) is 38.9 Å². The second kappa shape index (κ2) is 8.20. The molecule has 3 aliphatic rings. The number of hydrogen-bond acceptors (Lipinski definition) is 6. The molecule has 0 bridgehead atoms. The van der Waals surface area contributed by atoms with Crippen LogP contribution in [0, 0.1) is 15.5 Å². The molecule has 2 aliphatic heterocycles. The summed E-state index contributed by atoms with van der Waals surface area (Å²) in [4.78, 5) is 27.3. The largest absolute Gasteiger partial charge is 0.415 e. The van der Waals surface area contributed by atoms with Crippen LogP contribution in [0.1, 0.15) is 43.7 Å². The smallest absolute Gasteiger partial charge is 0.410 e. The zero-order valence-corrected chi connectivity index (χ0v) is 18.4. The molecule has 9 nitrogen and oxygen atoms in total. The summed E-state index contributed by atoms with van der Waals surface area (Å²) < 4.78 is 7.44. The molecule has 1 aromatic carbocycles. The third kappa shape index (κ3) is 3.97. The molecule has 1 amide bonds. The number of aryl methyl sites for hydroxylation is 1. The summed E-state index contributed by atoms with van der Waals surface area (Å²) in [6.07, 6.45) is 7.18. The Morgan fingerprint density at radius 2 is 1.88 bits per heavy atom. The molecular formula is C23H29N5O4. The van der Waals surface area contributed by atoms with Gasteiger partial charge in [0, 0.05) is 56.1 Å². The number of likely N-dealkylation sites (tertiary alicyclic amines) is 2. The quantitative estimate of drug-likeness (QED) is 0.534. The summed E-state index contributed by atoms with van der Waals surface area (Å²) in [6, 6.07) is 8.39. The normalized spacial score (nSPS) is 26.3. The van der Waals surface area contributed by atoms with E-state index in [0.29, 0.717) is 24.3 Å². The van der Waals surface area contributed by atoms with Crippen molar-refractivity contribution in [1.29, 1.82) is 0 Å². The minimum atomic E-state index is -0.468. The van der Waals surface area contributed by atoms with Crippen LogP contribution in [0.2, 0.25) is 0 Å². The predicted molar refractivity (Wildman–Crippen MR) is 118 cm³/mol. The Kier molecular flexibility index (Phi) is 5.36. The van der Waals surface area contributed by atoms with Gasteiger partial charge in [-0.1, -0.05) is 0 Å². The summed E-state index contributed by atoms with van der Waals surface area (Å²) in [5.41, 5.74) is 1.54. The van der Waals surface area contributed by atoms with Gasteiger partial charge in [-0.3, -0.25) is 14.8 Å². The molecule has 0 radical (unpaired) electrons. The van der Waals surface area contributed by atoms with Gasteiger partial charge in [0.1, 0.15) is 5.75 Å². The fourth-order valence-corrected chi connectivity index (χ4v) is 5.77. The van der Waals surface area contributed by atoms with E-state index >= 15 is 0 Å². The minimum Gasteiger partial charge on any atom is -0.410 e. The molecule has 3 fully saturated rings. The van der Waals surface area contributed by atoms with Crippen LogP contribution < -0.4 is 4.74 Å². The second-order valence-corrected chi connectivity index (χ2v) is 9.54. The Bertz CT molecular complexity index is 990. The van der Waals surface area contributed by atoms with E-state index in [-0.39, 0.29) is 17.2 Å². The van der Waals surface area contributed by atoms with E-state index in [9.17, 15) is 14.9 Å². The molecule has 32 heavy (non-hydrogen) atoms. The molecular weight excluding hydrogens is 410 g/mol. The fraction of sp³-hybridized carbons (Fsp3) is 0.565. The fourth-order valence-electron chi connectivity index (χ4n) is 5.77. The summed E-state index contributed by atoms with van der Waals surface area (Å²) in [5, 5.41) is 15.1. The molecule has 3 heterocycles. The van der Waals surface area contributed by atoms with E-state index in [4.69, 9.17) is 4.74 Å². The highest BCUT2D eigenvalue weighted by Crippen LogP contribution is 2.51. The highest BCUT2D eigenvalue weighted by molar-refractivity contribution is 5.71. The van der Waals surface area contributed by atoms with Crippen molar-refractivity contribution < 1.29 is 14.5 Å². The number of nitrogens with zero attached hydrogens (tertiary/aromatic N) is 5. The molecule has 1 saturated carbocycles. The molecule has 1 spiro atoms. The third-order valence-corrected chi connectivity index (χ3v) is 7.61. The molecule has 5 rings (SSSR count). The Balaban J connectivity index is 1.09. The SMILES string of the molecule is Cn1nccc1C1CCN(C2CC3(CCN(C(=O)Oc4ccc([N+](=O)[O-])cc4)C3)C2)CC1. The highest BCUT2D eigenvalue weighted by Gasteiger charge is 2.51. The van der Waals surface area contributed by atoms with Gasteiger partial charge in [-0.05, 0) is 68.8 Å². The van der Waals surface area contributed by atoms with Gasteiger partial charge in [0.15, 0.2) is 0 Å². The van der Waals surface area contributed by atoms with Crippen LogP contribution >= 0.6 is 0 Å². The van der Waals surface area contributed by atoms with Crippen molar-refractivity contribution in [3.8, 4) is 5.75 Å². The number of nitro benzene ring substituents is 1. The first kappa shape index (κ1) is 20.9. The molecule has 0 N–H and O–H groups in total. The van der Waals surface area contributed by atoms with Gasteiger partial charge in [-0.2, -0.15) is 5.10 Å². The number of amides is 1. The maximum absolute atomic E-state index is 12.6. The van der Waals surface area contributed by atoms with Gasteiger partial charge in [-0.25, -0.2) is 4.79 Å². The Morgan fingerprint density at radius 3 is 2.50 bits per heavy atom. The zero-order chi connectivity index (χ0) is 22.3. The van der Waals surface area contributed by atoms with Crippen LogP contribution in [0.25, 0.3) is 0 Å². The predicted octanol–water partition coefficient (Wildman–Crippen LogP) is 3.56. The van der Waals surface area contributed by atoms with Gasteiger partial charge in [-0.15, -0.1) is 0 Å². The number of benzene rings is 1. The number of carbonyl (C=O) groups is 1. The molecule has 170 valence electrons. The molecule has 1 aromatic heterocycles. The van der Waals surface area contributed by atoms with Gasteiger partial charge in [0.05, 0.1) is 4.92 Å². The van der Waals surface area contributed by atoms with E-state index in [1.807, 2.05) is 17.9 Å². The van der Waals surface area contributed by atoms with Crippen LogP contribution in [-0.4, -0.2) is 62.8 Å². The number of rotatable bonds is 4. The lowest BCUT2D eigenvalue weighted by Crippen LogP contribution is -2.54. The summed E-state index contributed by atoms with van der Waals surface area (Å²) in [5.74, 6) is 0.938. The number of aromatic nitrogens is 2. The average molecular weight is 440 g/mol. The topological polar surface area (TPSA) is 93.7 Å². The van der Waals surface area contributed by atoms with Crippen molar-refractivity contribution in [3.63, 3.8) is 0 Å². The van der Waals surface area contributed by atoms with Gasteiger partial charge >= 0.3 is 6.09 Å². The number of piperidine rings is 1. The third-order valence-electron chi connectivity index (χ3n) is 7.61. The maximum Gasteiger partial charge on any atom is 0.415 e. The zero-order valence-electron chi connectivity index (χ0n) is 18.4. The maximum atomic E-state index is 12.6. The summed E-state index contributed by atoms with van der Waals surface area (Å²) in [6.45, 7) is 3.70. The van der Waals surface area contributed by atoms with Gasteiger partial charge < -0.3 is 14.5 Å². The molecule has 9 heteroatoms. The van der Waals surface area contributed by atoms with Gasteiger partial charge in [0.25, 0.3) is 5.69 Å². The van der Waals surface area contributed by atoms with Crippen molar-refractivity contribution in [2.75, 3.05) is 26.2 Å². The molecule has 1 aliphatic carbocycles. The number of carbonyl (C=O) groups excluding carboxylic acids is 1. The monoisotopic (exact) mass is 439 g/mol. The summed E-state index contributed by atoms with van der Waals surface area (Å²) in [7, 11) is 2.02. The first-order valence-corrected chi connectivity index (χ1v) is 11.4. The average Bonchev–Trinajstić information content (AvgIpc) is 3.40. The number of non-ortho nitro benzene ring substituents is 1. The number of hydrogen-bond donors (Lipinski definition) is 0. The van der Waals surface area contributed by atoms with Crippen LogP contribution in [0.15, 0.2) is 36.5 Å². The van der Waals surface area contributed by atoms with Gasteiger partial charge in [0.2, 0.25) is 0 Å². The van der Waals surface area contributed by atoms with Crippen molar-refractivity contribution >= 4 is 11.8 Å². The Labute approximate surface area is 187 Å². The van der Waals surface area contributed by atoms with Crippen molar-refractivity contribution in [2.24, 2.45) is 12.5 Å². The highest BCUT2D eigenvalue weighted by atomic mass is 16.6. The standard InChI is InChI=1S/C23H29N5O4/c1-25-21(6-10-24-25)17-7-11-26(12-8-17)19-14-23(15-19)9-13-27(16-23)22(29)32-20-4-2-18(3-5-20)28(30)31/h2-6,10,17,19H,7-9,11-16H2,1H3. The molecule has 2 aromatic rings. The van der Waals surface area contributed by atoms with Crippen molar-refractivity contribution in [2.45, 2.75) is 44.1 Å². The molecule has 0 atom stereocenters.